The highest BCUT2D eigenvalue weighted by molar-refractivity contribution is 5.09. The summed E-state index contributed by atoms with van der Waals surface area (Å²) in [5, 5.41) is 0. The van der Waals surface area contributed by atoms with Crippen molar-refractivity contribution in [1.82, 2.24) is 9.88 Å². The standard InChI is InChI=1S/C20H30N2O2/c1-16-5-4-8-18(21-16)13-23-19-9-10-24-20(11-19)14-22(15-20)12-17-6-2-3-7-17/h4-5,8,17,19H,2-3,6-7,9-15H2,1H3. The second-order valence-electron chi connectivity index (χ2n) is 8.05. The molecule has 4 nitrogen and oxygen atoms in total. The Hall–Kier alpha value is -0.970. The number of hydrogen-bond acceptors (Lipinski definition) is 4. The Labute approximate surface area is 145 Å². The van der Waals surface area contributed by atoms with Gasteiger partial charge in [-0.25, -0.2) is 0 Å². The number of aromatic nitrogens is 1. The molecule has 1 spiro atoms. The fourth-order valence-electron chi connectivity index (χ4n) is 4.68. The Morgan fingerprint density at radius 1 is 1.25 bits per heavy atom. The highest BCUT2D eigenvalue weighted by atomic mass is 16.5. The van der Waals surface area contributed by atoms with Crippen molar-refractivity contribution in [3.8, 4) is 0 Å². The molecule has 3 heterocycles. The fraction of sp³-hybridized carbons (Fsp3) is 0.750. The van der Waals surface area contributed by atoms with Crippen LogP contribution in [-0.4, -0.2) is 47.8 Å². The number of rotatable bonds is 5. The zero-order valence-corrected chi connectivity index (χ0v) is 14.9. The molecule has 1 saturated carbocycles. The third kappa shape index (κ3) is 3.81. The summed E-state index contributed by atoms with van der Waals surface area (Å²) in [4.78, 5) is 7.13. The molecule has 2 saturated heterocycles. The van der Waals surface area contributed by atoms with Crippen LogP contribution < -0.4 is 0 Å². The molecule has 4 rings (SSSR count). The van der Waals surface area contributed by atoms with E-state index in [0.717, 1.165) is 49.8 Å². The van der Waals surface area contributed by atoms with Gasteiger partial charge in [0, 0.05) is 38.4 Å². The minimum Gasteiger partial charge on any atom is -0.372 e. The number of nitrogens with zero attached hydrogens (tertiary/aromatic N) is 2. The van der Waals surface area contributed by atoms with Crippen molar-refractivity contribution < 1.29 is 9.47 Å². The topological polar surface area (TPSA) is 34.6 Å². The molecule has 0 radical (unpaired) electrons. The van der Waals surface area contributed by atoms with E-state index < -0.39 is 0 Å². The Balaban J connectivity index is 1.24. The zero-order chi connectivity index (χ0) is 16.4. The Morgan fingerprint density at radius 2 is 2.08 bits per heavy atom. The normalized spacial score (nSPS) is 27.5. The van der Waals surface area contributed by atoms with Gasteiger partial charge in [-0.3, -0.25) is 9.88 Å². The molecule has 0 N–H and O–H groups in total. The lowest BCUT2D eigenvalue weighted by atomic mass is 9.84. The molecule has 1 aromatic rings. The maximum atomic E-state index is 6.16. The van der Waals surface area contributed by atoms with Gasteiger partial charge < -0.3 is 9.47 Å². The summed E-state index contributed by atoms with van der Waals surface area (Å²) in [7, 11) is 0. The molecule has 1 aromatic heterocycles. The first-order valence-electron chi connectivity index (χ1n) is 9.61. The van der Waals surface area contributed by atoms with Crippen LogP contribution in [0.25, 0.3) is 0 Å². The van der Waals surface area contributed by atoms with Crippen LogP contribution in [0.2, 0.25) is 0 Å². The molecule has 1 atom stereocenters. The van der Waals surface area contributed by atoms with E-state index >= 15 is 0 Å². The van der Waals surface area contributed by atoms with E-state index in [-0.39, 0.29) is 5.60 Å². The molecule has 0 amide bonds. The summed E-state index contributed by atoms with van der Waals surface area (Å²) in [6.07, 6.45) is 8.09. The van der Waals surface area contributed by atoms with Crippen molar-refractivity contribution in [2.75, 3.05) is 26.2 Å². The largest absolute Gasteiger partial charge is 0.372 e. The number of likely N-dealkylation sites (tertiary alicyclic amines) is 1. The molecule has 3 aliphatic rings. The van der Waals surface area contributed by atoms with Crippen molar-refractivity contribution in [2.24, 2.45) is 5.92 Å². The molecular formula is C20H30N2O2. The molecule has 3 fully saturated rings. The van der Waals surface area contributed by atoms with Gasteiger partial charge in [-0.05, 0) is 44.2 Å². The Morgan fingerprint density at radius 3 is 2.88 bits per heavy atom. The van der Waals surface area contributed by atoms with Crippen molar-refractivity contribution in [2.45, 2.75) is 63.8 Å². The van der Waals surface area contributed by atoms with Crippen LogP contribution in [0.3, 0.4) is 0 Å². The second-order valence-corrected chi connectivity index (χ2v) is 8.05. The van der Waals surface area contributed by atoms with Crippen LogP contribution in [0.1, 0.15) is 49.9 Å². The van der Waals surface area contributed by atoms with Crippen LogP contribution in [-0.2, 0) is 16.1 Å². The van der Waals surface area contributed by atoms with E-state index in [9.17, 15) is 0 Å². The zero-order valence-electron chi connectivity index (χ0n) is 14.9. The van der Waals surface area contributed by atoms with Crippen LogP contribution in [0.5, 0.6) is 0 Å². The number of aryl methyl sites for hydroxylation is 1. The van der Waals surface area contributed by atoms with Crippen molar-refractivity contribution in [3.05, 3.63) is 29.6 Å². The van der Waals surface area contributed by atoms with Crippen LogP contribution in [0.4, 0.5) is 0 Å². The Bertz CT molecular complexity index is 550. The maximum absolute atomic E-state index is 6.16. The summed E-state index contributed by atoms with van der Waals surface area (Å²) < 4.78 is 12.3. The minimum atomic E-state index is 0.0710. The highest BCUT2D eigenvalue weighted by Crippen LogP contribution is 2.37. The molecule has 4 heteroatoms. The molecule has 24 heavy (non-hydrogen) atoms. The predicted octanol–water partition coefficient (Wildman–Crippen LogP) is 3.33. The number of ether oxygens (including phenoxy) is 2. The first-order chi connectivity index (χ1) is 11.7. The van der Waals surface area contributed by atoms with Crippen molar-refractivity contribution in [3.63, 3.8) is 0 Å². The van der Waals surface area contributed by atoms with Gasteiger partial charge >= 0.3 is 0 Å². The third-order valence-electron chi connectivity index (χ3n) is 5.88. The molecule has 1 aliphatic carbocycles. The van der Waals surface area contributed by atoms with Gasteiger partial charge in [0.25, 0.3) is 0 Å². The molecule has 0 bridgehead atoms. The molecule has 2 aliphatic heterocycles. The van der Waals surface area contributed by atoms with Gasteiger partial charge in [-0.1, -0.05) is 18.9 Å². The number of hydrogen-bond donors (Lipinski definition) is 0. The molecule has 1 unspecified atom stereocenters. The fourth-order valence-corrected chi connectivity index (χ4v) is 4.68. The monoisotopic (exact) mass is 330 g/mol. The first-order valence-corrected chi connectivity index (χ1v) is 9.61. The molecule has 0 aromatic carbocycles. The summed E-state index contributed by atoms with van der Waals surface area (Å²) in [5.41, 5.74) is 2.16. The van der Waals surface area contributed by atoms with E-state index in [1.54, 1.807) is 0 Å². The van der Waals surface area contributed by atoms with Gasteiger partial charge in [-0.15, -0.1) is 0 Å². The van der Waals surface area contributed by atoms with E-state index in [1.165, 1.54) is 32.2 Å². The first kappa shape index (κ1) is 16.5. The van der Waals surface area contributed by atoms with E-state index in [4.69, 9.17) is 9.47 Å². The molecule has 132 valence electrons. The summed E-state index contributed by atoms with van der Waals surface area (Å²) in [6.45, 7) is 6.97. The minimum absolute atomic E-state index is 0.0710. The van der Waals surface area contributed by atoms with E-state index in [0.29, 0.717) is 12.7 Å². The van der Waals surface area contributed by atoms with Gasteiger partial charge in [0.1, 0.15) is 0 Å². The van der Waals surface area contributed by atoms with E-state index in [2.05, 4.69) is 22.0 Å². The van der Waals surface area contributed by atoms with Gasteiger partial charge in [0.2, 0.25) is 0 Å². The quantitative estimate of drug-likeness (QED) is 0.829. The Kier molecular flexibility index (Phi) is 4.88. The number of pyridine rings is 1. The second kappa shape index (κ2) is 7.11. The maximum Gasteiger partial charge on any atom is 0.0959 e. The SMILES string of the molecule is Cc1cccc(COC2CCOC3(C2)CN(CC2CCCC2)C3)n1. The van der Waals surface area contributed by atoms with Gasteiger partial charge in [0.05, 0.1) is 24.0 Å². The summed E-state index contributed by atoms with van der Waals surface area (Å²) in [6, 6.07) is 6.13. The lowest BCUT2D eigenvalue weighted by molar-refractivity contribution is -0.200. The predicted molar refractivity (Wildman–Crippen MR) is 93.9 cm³/mol. The van der Waals surface area contributed by atoms with Crippen molar-refractivity contribution in [1.29, 1.82) is 0 Å². The summed E-state index contributed by atoms with van der Waals surface area (Å²) >= 11 is 0. The lowest BCUT2D eigenvalue weighted by Gasteiger charge is -2.53. The van der Waals surface area contributed by atoms with Crippen LogP contribution >= 0.6 is 0 Å². The van der Waals surface area contributed by atoms with Crippen molar-refractivity contribution >= 4 is 0 Å². The lowest BCUT2D eigenvalue weighted by Crippen LogP contribution is -2.66. The smallest absolute Gasteiger partial charge is 0.0959 e. The summed E-state index contributed by atoms with van der Waals surface area (Å²) in [5.74, 6) is 0.936. The average Bonchev–Trinajstić information content (AvgIpc) is 3.05. The van der Waals surface area contributed by atoms with Crippen LogP contribution in [0.15, 0.2) is 18.2 Å². The highest BCUT2D eigenvalue weighted by Gasteiger charge is 2.48. The third-order valence-corrected chi connectivity index (χ3v) is 5.88. The van der Waals surface area contributed by atoms with Crippen LogP contribution in [0, 0.1) is 12.8 Å². The molecular weight excluding hydrogens is 300 g/mol. The van der Waals surface area contributed by atoms with Gasteiger partial charge in [-0.2, -0.15) is 0 Å². The average molecular weight is 330 g/mol. The van der Waals surface area contributed by atoms with E-state index in [1.807, 2.05) is 13.0 Å². The van der Waals surface area contributed by atoms with Gasteiger partial charge in [0.15, 0.2) is 0 Å².